The van der Waals surface area contributed by atoms with Gasteiger partial charge in [0.25, 0.3) is 0 Å². The van der Waals surface area contributed by atoms with E-state index in [0.717, 1.165) is 25.5 Å². The lowest BCUT2D eigenvalue weighted by atomic mass is 10.3. The maximum absolute atomic E-state index is 6.11. The highest BCUT2D eigenvalue weighted by Crippen LogP contribution is 2.32. The molecule has 1 N–H and O–H groups in total. The SMILES string of the molecule is COc1ccc(Nc2nc3ccc(Br)cc3s2)cc1Cl. The summed E-state index contributed by atoms with van der Waals surface area (Å²) >= 11 is 11.2. The van der Waals surface area contributed by atoms with Gasteiger partial charge in [0.2, 0.25) is 0 Å². The van der Waals surface area contributed by atoms with Gasteiger partial charge in [0.05, 0.1) is 22.3 Å². The lowest BCUT2D eigenvalue weighted by Crippen LogP contribution is -1.90. The Hall–Kier alpha value is -1.30. The number of hydrogen-bond donors (Lipinski definition) is 1. The number of hydrogen-bond acceptors (Lipinski definition) is 4. The van der Waals surface area contributed by atoms with E-state index in [0.29, 0.717) is 10.8 Å². The van der Waals surface area contributed by atoms with E-state index in [4.69, 9.17) is 16.3 Å². The smallest absolute Gasteiger partial charge is 0.188 e. The fourth-order valence-corrected chi connectivity index (χ4v) is 3.52. The van der Waals surface area contributed by atoms with Gasteiger partial charge in [0, 0.05) is 10.2 Å². The summed E-state index contributed by atoms with van der Waals surface area (Å²) in [5.41, 5.74) is 1.86. The minimum absolute atomic E-state index is 0.571. The van der Waals surface area contributed by atoms with E-state index in [1.807, 2.05) is 30.3 Å². The molecule has 3 nitrogen and oxygen atoms in total. The van der Waals surface area contributed by atoms with E-state index in [-0.39, 0.29) is 0 Å². The zero-order valence-corrected chi connectivity index (χ0v) is 13.6. The predicted molar refractivity (Wildman–Crippen MR) is 88.6 cm³/mol. The van der Waals surface area contributed by atoms with Gasteiger partial charge in [-0.3, -0.25) is 0 Å². The number of rotatable bonds is 3. The molecule has 6 heteroatoms. The lowest BCUT2D eigenvalue weighted by molar-refractivity contribution is 0.415. The average molecular weight is 370 g/mol. The molecular formula is C14H10BrClN2OS. The molecule has 0 fully saturated rings. The van der Waals surface area contributed by atoms with Crippen LogP contribution in [0.3, 0.4) is 0 Å². The number of nitrogens with zero attached hydrogens (tertiary/aromatic N) is 1. The van der Waals surface area contributed by atoms with E-state index in [1.165, 1.54) is 0 Å². The Morgan fingerprint density at radius 2 is 2.10 bits per heavy atom. The molecule has 0 unspecified atom stereocenters. The third-order valence-electron chi connectivity index (χ3n) is 2.75. The number of benzene rings is 2. The van der Waals surface area contributed by atoms with Crippen LogP contribution in [0.25, 0.3) is 10.2 Å². The van der Waals surface area contributed by atoms with Crippen LogP contribution in [0.2, 0.25) is 5.02 Å². The van der Waals surface area contributed by atoms with Crippen molar-refractivity contribution in [2.75, 3.05) is 12.4 Å². The normalized spacial score (nSPS) is 10.8. The molecule has 20 heavy (non-hydrogen) atoms. The highest BCUT2D eigenvalue weighted by Gasteiger charge is 2.06. The molecule has 1 heterocycles. The number of fused-ring (bicyclic) bond motifs is 1. The molecule has 0 amide bonds. The summed E-state index contributed by atoms with van der Waals surface area (Å²) in [6, 6.07) is 11.6. The predicted octanol–water partition coefficient (Wildman–Crippen LogP) is 5.46. The van der Waals surface area contributed by atoms with Crippen molar-refractivity contribution in [2.24, 2.45) is 0 Å². The Morgan fingerprint density at radius 1 is 1.25 bits per heavy atom. The lowest BCUT2D eigenvalue weighted by Gasteiger charge is -2.06. The second-order valence-corrected chi connectivity index (χ2v) is 6.46. The average Bonchev–Trinajstić information content (AvgIpc) is 2.80. The molecular weight excluding hydrogens is 360 g/mol. The summed E-state index contributed by atoms with van der Waals surface area (Å²) in [5.74, 6) is 0.658. The first-order valence-corrected chi connectivity index (χ1v) is 7.81. The fourth-order valence-electron chi connectivity index (χ4n) is 1.82. The Balaban J connectivity index is 1.90. The number of nitrogens with one attached hydrogen (secondary N) is 1. The monoisotopic (exact) mass is 368 g/mol. The summed E-state index contributed by atoms with van der Waals surface area (Å²) in [6.07, 6.45) is 0. The Morgan fingerprint density at radius 3 is 2.85 bits per heavy atom. The van der Waals surface area contributed by atoms with Gasteiger partial charge in [0.15, 0.2) is 5.13 Å². The van der Waals surface area contributed by atoms with Crippen LogP contribution in [0.4, 0.5) is 10.8 Å². The molecule has 0 bridgehead atoms. The number of anilines is 2. The second-order valence-electron chi connectivity index (χ2n) is 4.11. The third-order valence-corrected chi connectivity index (χ3v) is 4.48. The molecule has 3 rings (SSSR count). The summed E-state index contributed by atoms with van der Waals surface area (Å²) < 4.78 is 7.31. The van der Waals surface area contributed by atoms with Crippen LogP contribution in [0.1, 0.15) is 0 Å². The van der Waals surface area contributed by atoms with E-state index >= 15 is 0 Å². The van der Waals surface area contributed by atoms with Gasteiger partial charge in [-0.05, 0) is 36.4 Å². The fraction of sp³-hybridized carbons (Fsp3) is 0.0714. The van der Waals surface area contributed by atoms with E-state index in [1.54, 1.807) is 18.4 Å². The molecule has 1 aromatic heterocycles. The third kappa shape index (κ3) is 2.75. The van der Waals surface area contributed by atoms with Gasteiger partial charge in [-0.15, -0.1) is 0 Å². The van der Waals surface area contributed by atoms with Crippen LogP contribution >= 0.6 is 38.9 Å². The molecule has 0 saturated heterocycles. The summed E-state index contributed by atoms with van der Waals surface area (Å²) in [5, 5.41) is 4.66. The second kappa shape index (κ2) is 5.60. The molecule has 2 aromatic carbocycles. The van der Waals surface area contributed by atoms with Crippen LogP contribution in [-0.2, 0) is 0 Å². The summed E-state index contributed by atoms with van der Waals surface area (Å²) in [6.45, 7) is 0. The number of ether oxygens (including phenoxy) is 1. The van der Waals surface area contributed by atoms with Crippen molar-refractivity contribution in [1.29, 1.82) is 0 Å². The highest BCUT2D eigenvalue weighted by molar-refractivity contribution is 9.10. The minimum atomic E-state index is 0.571. The number of halogens is 2. The maximum atomic E-state index is 6.11. The van der Waals surface area contributed by atoms with Gasteiger partial charge < -0.3 is 10.1 Å². The standard InChI is InChI=1S/C14H10BrClN2OS/c1-19-12-5-3-9(7-10(12)16)17-14-18-11-4-2-8(15)6-13(11)20-14/h2-7H,1H3,(H,17,18). The summed E-state index contributed by atoms with van der Waals surface area (Å²) in [7, 11) is 1.60. The van der Waals surface area contributed by atoms with E-state index < -0.39 is 0 Å². The molecule has 0 aliphatic carbocycles. The molecule has 0 spiro atoms. The van der Waals surface area contributed by atoms with Crippen molar-refractivity contribution in [2.45, 2.75) is 0 Å². The van der Waals surface area contributed by atoms with Gasteiger partial charge in [-0.25, -0.2) is 4.98 Å². The van der Waals surface area contributed by atoms with Crippen molar-refractivity contribution < 1.29 is 4.74 Å². The maximum Gasteiger partial charge on any atom is 0.188 e. The molecule has 0 radical (unpaired) electrons. The molecule has 0 aliphatic rings. The molecule has 3 aromatic rings. The van der Waals surface area contributed by atoms with Gasteiger partial charge in [0.1, 0.15) is 5.75 Å². The minimum Gasteiger partial charge on any atom is -0.495 e. The summed E-state index contributed by atoms with van der Waals surface area (Å²) in [4.78, 5) is 4.53. The van der Waals surface area contributed by atoms with Crippen molar-refractivity contribution >= 4 is 59.9 Å². The van der Waals surface area contributed by atoms with Crippen molar-refractivity contribution in [3.8, 4) is 5.75 Å². The topological polar surface area (TPSA) is 34.1 Å². The van der Waals surface area contributed by atoms with Gasteiger partial charge in [-0.1, -0.05) is 38.9 Å². The molecule has 0 atom stereocenters. The number of aromatic nitrogens is 1. The van der Waals surface area contributed by atoms with Crippen LogP contribution in [0.15, 0.2) is 40.9 Å². The van der Waals surface area contributed by atoms with E-state index in [9.17, 15) is 0 Å². The quantitative estimate of drug-likeness (QED) is 0.665. The zero-order chi connectivity index (χ0) is 14.1. The van der Waals surface area contributed by atoms with Crippen molar-refractivity contribution in [1.82, 2.24) is 4.98 Å². The van der Waals surface area contributed by atoms with Crippen LogP contribution in [-0.4, -0.2) is 12.1 Å². The first-order valence-electron chi connectivity index (χ1n) is 5.82. The van der Waals surface area contributed by atoms with E-state index in [2.05, 4.69) is 32.3 Å². The number of methoxy groups -OCH3 is 1. The number of thiazole rings is 1. The Bertz CT molecular complexity index is 775. The largest absolute Gasteiger partial charge is 0.495 e. The van der Waals surface area contributed by atoms with Gasteiger partial charge in [-0.2, -0.15) is 0 Å². The van der Waals surface area contributed by atoms with Crippen LogP contribution < -0.4 is 10.1 Å². The highest BCUT2D eigenvalue weighted by atomic mass is 79.9. The first-order chi connectivity index (χ1) is 9.65. The molecule has 102 valence electrons. The van der Waals surface area contributed by atoms with Gasteiger partial charge >= 0.3 is 0 Å². The van der Waals surface area contributed by atoms with Crippen LogP contribution in [0, 0.1) is 0 Å². The molecule has 0 aliphatic heterocycles. The Labute approximate surface area is 133 Å². The van der Waals surface area contributed by atoms with Crippen molar-refractivity contribution in [3.05, 3.63) is 45.9 Å². The van der Waals surface area contributed by atoms with Crippen LogP contribution in [0.5, 0.6) is 5.75 Å². The molecule has 0 saturated carbocycles. The first kappa shape index (κ1) is 13.7. The van der Waals surface area contributed by atoms with Crippen molar-refractivity contribution in [3.63, 3.8) is 0 Å². The Kier molecular flexibility index (Phi) is 3.83. The zero-order valence-electron chi connectivity index (χ0n) is 10.5.